The predicted molar refractivity (Wildman–Crippen MR) is 72.8 cm³/mol. The molecule has 110 valence electrons. The molecular weight excluding hydrogens is 274 g/mol. The molecule has 0 bridgehead atoms. The lowest BCUT2D eigenvalue weighted by atomic mass is 10.0. The Morgan fingerprint density at radius 2 is 2.24 bits per heavy atom. The van der Waals surface area contributed by atoms with Gasteiger partial charge in [-0.1, -0.05) is 12.1 Å². The zero-order chi connectivity index (χ0) is 15.1. The number of hydrogen-bond acceptors (Lipinski definition) is 5. The lowest BCUT2D eigenvalue weighted by Gasteiger charge is -2.23. The van der Waals surface area contributed by atoms with E-state index in [4.69, 9.17) is 4.52 Å². The zero-order valence-electron chi connectivity index (χ0n) is 11.7. The van der Waals surface area contributed by atoms with Gasteiger partial charge >= 0.3 is 5.97 Å². The number of carbonyl (C=O) groups is 2. The summed E-state index contributed by atoms with van der Waals surface area (Å²) in [5.41, 5.74) is 1.37. The van der Waals surface area contributed by atoms with Crippen LogP contribution in [0.15, 0.2) is 16.8 Å². The smallest absolute Gasteiger partial charge is 0.326 e. The maximum Gasteiger partial charge on any atom is 0.326 e. The number of carboxylic acid groups (broad SMARTS) is 1. The molecule has 0 aromatic carbocycles. The SMILES string of the molecule is Cc1noc2ncc(C(=O)N3CCC(C)C3C(=O)O)cc12. The summed E-state index contributed by atoms with van der Waals surface area (Å²) in [6, 6.07) is 0.870. The molecule has 1 saturated heterocycles. The highest BCUT2D eigenvalue weighted by Gasteiger charge is 2.39. The Bertz CT molecular complexity index is 724. The summed E-state index contributed by atoms with van der Waals surface area (Å²) in [6.07, 6.45) is 2.09. The van der Waals surface area contributed by atoms with Gasteiger partial charge in [-0.3, -0.25) is 4.79 Å². The van der Waals surface area contributed by atoms with E-state index in [1.54, 1.807) is 13.0 Å². The van der Waals surface area contributed by atoms with E-state index in [-0.39, 0.29) is 11.8 Å². The minimum Gasteiger partial charge on any atom is -0.480 e. The first-order valence-corrected chi connectivity index (χ1v) is 6.75. The molecule has 1 N–H and O–H groups in total. The number of amides is 1. The first kappa shape index (κ1) is 13.5. The van der Waals surface area contributed by atoms with Crippen molar-refractivity contribution in [2.45, 2.75) is 26.3 Å². The molecule has 1 amide bonds. The number of hydrogen-bond donors (Lipinski definition) is 1. The van der Waals surface area contributed by atoms with Crippen molar-refractivity contribution >= 4 is 23.0 Å². The van der Waals surface area contributed by atoms with Gasteiger partial charge in [0.15, 0.2) is 0 Å². The number of fused-ring (bicyclic) bond motifs is 1. The van der Waals surface area contributed by atoms with Crippen LogP contribution in [0.4, 0.5) is 0 Å². The fourth-order valence-electron chi connectivity index (χ4n) is 2.78. The maximum atomic E-state index is 12.6. The van der Waals surface area contributed by atoms with Gasteiger partial charge in [0.1, 0.15) is 6.04 Å². The molecule has 1 aliphatic heterocycles. The minimum absolute atomic E-state index is 0.0551. The number of carboxylic acids is 1. The van der Waals surface area contributed by atoms with Crippen LogP contribution in [0, 0.1) is 12.8 Å². The average molecular weight is 289 g/mol. The molecule has 1 fully saturated rings. The molecule has 2 unspecified atom stereocenters. The lowest BCUT2D eigenvalue weighted by Crippen LogP contribution is -2.42. The Morgan fingerprint density at radius 1 is 1.48 bits per heavy atom. The summed E-state index contributed by atoms with van der Waals surface area (Å²) in [4.78, 5) is 29.4. The highest BCUT2D eigenvalue weighted by molar-refractivity contribution is 5.99. The molecule has 2 atom stereocenters. The second-order valence-corrected chi connectivity index (χ2v) is 5.39. The van der Waals surface area contributed by atoms with Crippen LogP contribution in [0.3, 0.4) is 0 Å². The Kier molecular flexibility index (Phi) is 3.12. The highest BCUT2D eigenvalue weighted by Crippen LogP contribution is 2.26. The van der Waals surface area contributed by atoms with Gasteiger partial charge in [0.25, 0.3) is 11.6 Å². The van der Waals surface area contributed by atoms with Crippen molar-refractivity contribution in [1.82, 2.24) is 15.0 Å². The van der Waals surface area contributed by atoms with Crippen molar-refractivity contribution in [3.63, 3.8) is 0 Å². The molecule has 0 aliphatic carbocycles. The molecule has 0 spiro atoms. The largest absolute Gasteiger partial charge is 0.480 e. The van der Waals surface area contributed by atoms with Gasteiger partial charge in [-0.05, 0) is 25.3 Å². The number of pyridine rings is 1. The van der Waals surface area contributed by atoms with Crippen LogP contribution in [-0.2, 0) is 4.79 Å². The molecule has 7 heteroatoms. The molecule has 2 aromatic heterocycles. The van der Waals surface area contributed by atoms with Crippen molar-refractivity contribution in [2.75, 3.05) is 6.54 Å². The number of nitrogens with zero attached hydrogens (tertiary/aromatic N) is 3. The fraction of sp³-hybridized carbons (Fsp3) is 0.429. The molecule has 0 saturated carbocycles. The van der Waals surface area contributed by atoms with Crippen molar-refractivity contribution < 1.29 is 19.2 Å². The number of carbonyl (C=O) groups excluding carboxylic acids is 1. The predicted octanol–water partition coefficient (Wildman–Crippen LogP) is 1.47. The van der Waals surface area contributed by atoms with E-state index >= 15 is 0 Å². The molecule has 21 heavy (non-hydrogen) atoms. The summed E-state index contributed by atoms with van der Waals surface area (Å²) in [5, 5.41) is 13.8. The van der Waals surface area contributed by atoms with E-state index < -0.39 is 12.0 Å². The summed E-state index contributed by atoms with van der Waals surface area (Å²) in [6.45, 7) is 4.05. The van der Waals surface area contributed by atoms with Crippen LogP contribution in [0.1, 0.15) is 29.4 Å². The third-order valence-electron chi connectivity index (χ3n) is 3.97. The van der Waals surface area contributed by atoms with Crippen molar-refractivity contribution in [2.24, 2.45) is 5.92 Å². The van der Waals surface area contributed by atoms with E-state index in [0.717, 1.165) is 0 Å². The molecule has 1 aliphatic rings. The van der Waals surface area contributed by atoms with Gasteiger partial charge in [-0.15, -0.1) is 0 Å². The average Bonchev–Trinajstić information content (AvgIpc) is 3.01. The quantitative estimate of drug-likeness (QED) is 0.899. The minimum atomic E-state index is -0.969. The number of aryl methyl sites for hydroxylation is 1. The van der Waals surface area contributed by atoms with Crippen molar-refractivity contribution in [3.05, 3.63) is 23.5 Å². The number of rotatable bonds is 2. The number of aliphatic carboxylic acids is 1. The first-order chi connectivity index (χ1) is 9.99. The Balaban J connectivity index is 1.96. The van der Waals surface area contributed by atoms with E-state index in [1.165, 1.54) is 11.1 Å². The highest BCUT2D eigenvalue weighted by atomic mass is 16.5. The monoisotopic (exact) mass is 289 g/mol. The molecular formula is C14H15N3O4. The van der Waals surface area contributed by atoms with Gasteiger partial charge in [0.2, 0.25) is 0 Å². The number of aromatic nitrogens is 2. The van der Waals surface area contributed by atoms with Crippen LogP contribution >= 0.6 is 0 Å². The Hall–Kier alpha value is -2.44. The van der Waals surface area contributed by atoms with Gasteiger partial charge < -0.3 is 14.5 Å². The normalized spacial score (nSPS) is 21.9. The van der Waals surface area contributed by atoms with Crippen LogP contribution in [0.5, 0.6) is 0 Å². The zero-order valence-corrected chi connectivity index (χ0v) is 11.7. The van der Waals surface area contributed by atoms with E-state index in [9.17, 15) is 14.7 Å². The molecule has 3 heterocycles. The van der Waals surface area contributed by atoms with E-state index in [2.05, 4.69) is 10.1 Å². The van der Waals surface area contributed by atoms with E-state index in [1.807, 2.05) is 6.92 Å². The first-order valence-electron chi connectivity index (χ1n) is 6.75. The third kappa shape index (κ3) is 2.14. The van der Waals surface area contributed by atoms with Gasteiger partial charge in [-0.25, -0.2) is 9.78 Å². The van der Waals surface area contributed by atoms with Crippen LogP contribution in [0.2, 0.25) is 0 Å². The van der Waals surface area contributed by atoms with Gasteiger partial charge in [-0.2, -0.15) is 0 Å². The molecule has 3 rings (SSSR count). The van der Waals surface area contributed by atoms with E-state index in [0.29, 0.717) is 35.3 Å². The topological polar surface area (TPSA) is 96.5 Å². The van der Waals surface area contributed by atoms with Crippen LogP contribution in [-0.4, -0.2) is 44.6 Å². The molecule has 0 radical (unpaired) electrons. The fourth-order valence-corrected chi connectivity index (χ4v) is 2.78. The standard InChI is InChI=1S/C14H15N3O4/c1-7-3-4-17(11(7)14(19)20)13(18)9-5-10-8(2)16-21-12(10)15-6-9/h5-7,11H,3-4H2,1-2H3,(H,19,20). The summed E-state index contributed by atoms with van der Waals surface area (Å²) in [5.74, 6) is -1.34. The summed E-state index contributed by atoms with van der Waals surface area (Å²) < 4.78 is 5.01. The second kappa shape index (κ2) is 4.83. The van der Waals surface area contributed by atoms with Crippen LogP contribution in [0.25, 0.3) is 11.1 Å². The Labute approximate surface area is 120 Å². The molecule has 7 nitrogen and oxygen atoms in total. The van der Waals surface area contributed by atoms with Gasteiger partial charge in [0.05, 0.1) is 16.6 Å². The van der Waals surface area contributed by atoms with Crippen molar-refractivity contribution in [3.8, 4) is 0 Å². The third-order valence-corrected chi connectivity index (χ3v) is 3.97. The lowest BCUT2D eigenvalue weighted by molar-refractivity contribution is -0.142. The molecule has 2 aromatic rings. The summed E-state index contributed by atoms with van der Waals surface area (Å²) in [7, 11) is 0. The second-order valence-electron chi connectivity index (χ2n) is 5.39. The maximum absolute atomic E-state index is 12.6. The van der Waals surface area contributed by atoms with Gasteiger partial charge in [0, 0.05) is 12.7 Å². The number of likely N-dealkylation sites (tertiary alicyclic amines) is 1. The van der Waals surface area contributed by atoms with Crippen LogP contribution < -0.4 is 0 Å². The Morgan fingerprint density at radius 3 is 2.95 bits per heavy atom. The summed E-state index contributed by atoms with van der Waals surface area (Å²) >= 11 is 0. The van der Waals surface area contributed by atoms with Crippen molar-refractivity contribution in [1.29, 1.82) is 0 Å².